The van der Waals surface area contributed by atoms with Gasteiger partial charge in [0.1, 0.15) is 11.3 Å². The van der Waals surface area contributed by atoms with Gasteiger partial charge in [-0.1, -0.05) is 6.07 Å². The number of carbonyl (C=O) groups excluding carboxylic acids is 1. The zero-order chi connectivity index (χ0) is 24.1. The van der Waals surface area contributed by atoms with Crippen LogP contribution in [0, 0.1) is 0 Å². The lowest BCUT2D eigenvalue weighted by Gasteiger charge is -2.10. The van der Waals surface area contributed by atoms with Gasteiger partial charge in [-0.25, -0.2) is 4.98 Å². The Hall–Kier alpha value is -4.11. The molecule has 1 heterocycles. The summed E-state index contributed by atoms with van der Waals surface area (Å²) in [5, 5.41) is 5.84. The molecule has 1 aromatic heterocycles. The Labute approximate surface area is 201 Å². The monoisotopic (exact) mass is 477 g/mol. The summed E-state index contributed by atoms with van der Waals surface area (Å²) in [5.41, 5.74) is 3.10. The first-order valence-corrected chi connectivity index (χ1v) is 10.9. The lowest BCUT2D eigenvalue weighted by molar-refractivity contribution is 0.0977. The van der Waals surface area contributed by atoms with Gasteiger partial charge in [-0.05, 0) is 73.7 Å². The van der Waals surface area contributed by atoms with Crippen molar-refractivity contribution < 1.29 is 23.4 Å². The van der Waals surface area contributed by atoms with Crippen molar-refractivity contribution in [3.63, 3.8) is 0 Å². The number of carbonyl (C=O) groups is 1. The van der Waals surface area contributed by atoms with E-state index in [0.29, 0.717) is 52.1 Å². The van der Waals surface area contributed by atoms with Crippen molar-refractivity contribution in [2.75, 3.05) is 26.1 Å². The number of anilines is 1. The van der Waals surface area contributed by atoms with Crippen LogP contribution in [0.1, 0.15) is 17.3 Å². The van der Waals surface area contributed by atoms with E-state index in [2.05, 4.69) is 15.6 Å². The van der Waals surface area contributed by atoms with Crippen LogP contribution in [0.25, 0.3) is 22.6 Å². The third-order valence-electron chi connectivity index (χ3n) is 4.91. The molecule has 8 nitrogen and oxygen atoms in total. The number of ether oxygens (including phenoxy) is 3. The Morgan fingerprint density at radius 3 is 2.62 bits per heavy atom. The van der Waals surface area contributed by atoms with E-state index in [-0.39, 0.29) is 11.0 Å². The molecule has 1 amide bonds. The van der Waals surface area contributed by atoms with Crippen LogP contribution in [0.5, 0.6) is 17.2 Å². The van der Waals surface area contributed by atoms with Crippen molar-refractivity contribution >= 4 is 40.0 Å². The molecule has 3 aromatic carbocycles. The van der Waals surface area contributed by atoms with Crippen LogP contribution in [-0.2, 0) is 0 Å². The highest BCUT2D eigenvalue weighted by Gasteiger charge is 2.13. The minimum absolute atomic E-state index is 0.162. The number of oxazole rings is 1. The molecule has 34 heavy (non-hydrogen) atoms. The van der Waals surface area contributed by atoms with Crippen molar-refractivity contribution in [3.05, 3.63) is 66.2 Å². The molecule has 0 fully saturated rings. The van der Waals surface area contributed by atoms with Gasteiger partial charge in [0, 0.05) is 16.8 Å². The lowest BCUT2D eigenvalue weighted by Crippen LogP contribution is -2.34. The van der Waals surface area contributed by atoms with Crippen molar-refractivity contribution in [1.82, 2.24) is 10.3 Å². The fourth-order valence-electron chi connectivity index (χ4n) is 3.33. The standard InChI is InChI=1S/C25H23N3O5S/c1-4-32-18-7-5-6-15(12-18)23(29)28-25(34)26-17-9-11-20-19(14-17)27-24(33-20)16-8-10-21(30-2)22(13-16)31-3/h5-14H,4H2,1-3H3,(H2,26,28,29,34). The van der Waals surface area contributed by atoms with Crippen LogP contribution in [0.2, 0.25) is 0 Å². The summed E-state index contributed by atoms with van der Waals surface area (Å²) in [5.74, 6) is 1.93. The van der Waals surface area contributed by atoms with E-state index in [1.807, 2.05) is 13.0 Å². The third kappa shape index (κ3) is 5.10. The second-order valence-electron chi connectivity index (χ2n) is 7.14. The molecule has 0 unspecified atom stereocenters. The molecular weight excluding hydrogens is 454 g/mol. The van der Waals surface area contributed by atoms with Crippen molar-refractivity contribution in [2.24, 2.45) is 0 Å². The third-order valence-corrected chi connectivity index (χ3v) is 5.11. The number of nitrogens with one attached hydrogen (secondary N) is 2. The second-order valence-corrected chi connectivity index (χ2v) is 7.55. The van der Waals surface area contributed by atoms with Gasteiger partial charge in [0.25, 0.3) is 5.91 Å². The molecule has 0 radical (unpaired) electrons. The van der Waals surface area contributed by atoms with Gasteiger partial charge < -0.3 is 23.9 Å². The Balaban J connectivity index is 1.47. The van der Waals surface area contributed by atoms with Crippen LogP contribution in [0.3, 0.4) is 0 Å². The zero-order valence-electron chi connectivity index (χ0n) is 18.9. The average molecular weight is 478 g/mol. The van der Waals surface area contributed by atoms with Crippen LogP contribution in [0.15, 0.2) is 65.1 Å². The second kappa shape index (κ2) is 10.2. The quantitative estimate of drug-likeness (QED) is 0.358. The number of nitrogens with zero attached hydrogens (tertiary/aromatic N) is 1. The van der Waals surface area contributed by atoms with Gasteiger partial charge in [0.15, 0.2) is 22.2 Å². The minimum atomic E-state index is -0.336. The number of benzene rings is 3. The normalized spacial score (nSPS) is 10.6. The van der Waals surface area contributed by atoms with E-state index in [1.54, 1.807) is 68.8 Å². The molecule has 0 spiro atoms. The summed E-state index contributed by atoms with van der Waals surface area (Å²) < 4.78 is 22.0. The number of methoxy groups -OCH3 is 2. The van der Waals surface area contributed by atoms with Crippen molar-refractivity contribution in [1.29, 1.82) is 0 Å². The molecule has 4 aromatic rings. The molecule has 4 rings (SSSR count). The number of thiocarbonyl (C=S) groups is 1. The molecule has 174 valence electrons. The molecule has 2 N–H and O–H groups in total. The Bertz CT molecular complexity index is 1350. The Kier molecular flexibility index (Phi) is 6.93. The summed E-state index contributed by atoms with van der Waals surface area (Å²) in [4.78, 5) is 17.1. The van der Waals surface area contributed by atoms with E-state index < -0.39 is 0 Å². The SMILES string of the molecule is CCOc1cccc(C(=O)NC(=S)Nc2ccc3oc(-c4ccc(OC)c(OC)c4)nc3c2)c1. The number of fused-ring (bicyclic) bond motifs is 1. The smallest absolute Gasteiger partial charge is 0.257 e. The summed E-state index contributed by atoms with van der Waals surface area (Å²) in [6.45, 7) is 2.40. The molecule has 0 bridgehead atoms. The molecule has 0 saturated heterocycles. The first kappa shape index (κ1) is 23.1. The molecule has 9 heteroatoms. The predicted molar refractivity (Wildman–Crippen MR) is 134 cm³/mol. The van der Waals surface area contributed by atoms with E-state index in [1.165, 1.54) is 0 Å². The lowest BCUT2D eigenvalue weighted by atomic mass is 10.2. The van der Waals surface area contributed by atoms with Crippen LogP contribution >= 0.6 is 12.2 Å². The Morgan fingerprint density at radius 1 is 1.03 bits per heavy atom. The number of aromatic nitrogens is 1. The first-order chi connectivity index (χ1) is 16.5. The summed E-state index contributed by atoms with van der Waals surface area (Å²) in [7, 11) is 3.15. The maximum atomic E-state index is 12.5. The average Bonchev–Trinajstić information content (AvgIpc) is 3.27. The van der Waals surface area contributed by atoms with E-state index >= 15 is 0 Å². The number of amides is 1. The van der Waals surface area contributed by atoms with Crippen molar-refractivity contribution in [3.8, 4) is 28.7 Å². The van der Waals surface area contributed by atoms with Gasteiger partial charge in [-0.2, -0.15) is 0 Å². The van der Waals surface area contributed by atoms with Crippen molar-refractivity contribution in [2.45, 2.75) is 6.92 Å². The molecule has 0 atom stereocenters. The highest BCUT2D eigenvalue weighted by molar-refractivity contribution is 7.80. The number of hydrogen-bond donors (Lipinski definition) is 2. The van der Waals surface area contributed by atoms with Gasteiger partial charge in [-0.3, -0.25) is 10.1 Å². The van der Waals surface area contributed by atoms with E-state index in [0.717, 1.165) is 5.56 Å². The number of rotatable bonds is 7. The first-order valence-electron chi connectivity index (χ1n) is 10.5. The maximum absolute atomic E-state index is 12.5. The summed E-state index contributed by atoms with van der Waals surface area (Å²) >= 11 is 5.31. The summed E-state index contributed by atoms with van der Waals surface area (Å²) in [6.07, 6.45) is 0. The fraction of sp³-hybridized carbons (Fsp3) is 0.160. The van der Waals surface area contributed by atoms with Gasteiger partial charge in [0.2, 0.25) is 5.89 Å². The topological polar surface area (TPSA) is 94.9 Å². The van der Waals surface area contributed by atoms with Crippen LogP contribution < -0.4 is 24.8 Å². The van der Waals surface area contributed by atoms with Gasteiger partial charge in [0.05, 0.1) is 20.8 Å². The van der Waals surface area contributed by atoms with Crippen LogP contribution in [0.4, 0.5) is 5.69 Å². The molecule has 0 aliphatic heterocycles. The minimum Gasteiger partial charge on any atom is -0.494 e. The van der Waals surface area contributed by atoms with Crippen LogP contribution in [-0.4, -0.2) is 36.8 Å². The Morgan fingerprint density at radius 2 is 1.85 bits per heavy atom. The fourth-order valence-corrected chi connectivity index (χ4v) is 3.54. The van der Waals surface area contributed by atoms with Gasteiger partial charge in [-0.15, -0.1) is 0 Å². The predicted octanol–water partition coefficient (Wildman–Crippen LogP) is 5.04. The maximum Gasteiger partial charge on any atom is 0.257 e. The zero-order valence-corrected chi connectivity index (χ0v) is 19.7. The molecule has 0 saturated carbocycles. The summed E-state index contributed by atoms with van der Waals surface area (Å²) in [6, 6.07) is 17.7. The highest BCUT2D eigenvalue weighted by atomic mass is 32.1. The van der Waals surface area contributed by atoms with Gasteiger partial charge >= 0.3 is 0 Å². The molecule has 0 aliphatic carbocycles. The molecule has 0 aliphatic rings. The van der Waals surface area contributed by atoms with E-state index in [4.69, 9.17) is 30.8 Å². The molecular formula is C25H23N3O5S. The number of hydrogen-bond acceptors (Lipinski definition) is 7. The van der Waals surface area contributed by atoms with E-state index in [9.17, 15) is 4.79 Å². The highest BCUT2D eigenvalue weighted by Crippen LogP contribution is 2.33. The largest absolute Gasteiger partial charge is 0.494 e.